The van der Waals surface area contributed by atoms with E-state index in [2.05, 4.69) is 46.8 Å². The fraction of sp³-hybridized carbons (Fsp3) is 0.412. The van der Waals surface area contributed by atoms with Gasteiger partial charge in [0.25, 0.3) is 0 Å². The van der Waals surface area contributed by atoms with Crippen LogP contribution < -0.4 is 4.74 Å². The average Bonchev–Trinajstić information content (AvgIpc) is 2.51. The van der Waals surface area contributed by atoms with Gasteiger partial charge in [0.15, 0.2) is 0 Å². The molecule has 1 heteroatoms. The Labute approximate surface area is 110 Å². The van der Waals surface area contributed by atoms with Crippen molar-refractivity contribution in [2.24, 2.45) is 5.41 Å². The van der Waals surface area contributed by atoms with E-state index in [1.54, 1.807) is 7.11 Å². The lowest BCUT2D eigenvalue weighted by molar-refractivity contribution is 0.415. The van der Waals surface area contributed by atoms with Gasteiger partial charge in [-0.2, -0.15) is 0 Å². The summed E-state index contributed by atoms with van der Waals surface area (Å²) in [4.78, 5) is 0. The lowest BCUT2D eigenvalue weighted by Crippen LogP contribution is -2.11. The van der Waals surface area contributed by atoms with Crippen LogP contribution in [0.1, 0.15) is 40.2 Å². The van der Waals surface area contributed by atoms with Gasteiger partial charge < -0.3 is 4.74 Å². The molecular weight excluding hydrogens is 220 g/mol. The molecule has 0 aliphatic heterocycles. The highest BCUT2D eigenvalue weighted by Gasteiger charge is 2.33. The Hall–Kier alpha value is -1.50. The molecule has 0 heterocycles. The first-order valence-electron chi connectivity index (χ1n) is 6.43. The van der Waals surface area contributed by atoms with Crippen LogP contribution in [0.4, 0.5) is 0 Å². The quantitative estimate of drug-likeness (QED) is 0.720. The number of hydrogen-bond donors (Lipinski definition) is 0. The van der Waals surface area contributed by atoms with Gasteiger partial charge >= 0.3 is 0 Å². The molecule has 96 valence electrons. The third kappa shape index (κ3) is 1.78. The molecule has 0 atom stereocenters. The maximum absolute atomic E-state index is 5.22. The van der Waals surface area contributed by atoms with Crippen LogP contribution in [0.5, 0.6) is 5.75 Å². The zero-order chi connectivity index (χ0) is 13.5. The molecule has 0 saturated carbocycles. The van der Waals surface area contributed by atoms with Crippen LogP contribution >= 0.6 is 0 Å². The predicted molar refractivity (Wildman–Crippen MR) is 77.7 cm³/mol. The molecule has 0 amide bonds. The lowest BCUT2D eigenvalue weighted by Gasteiger charge is -2.23. The van der Waals surface area contributed by atoms with E-state index in [0.29, 0.717) is 0 Å². The highest BCUT2D eigenvalue weighted by Crippen LogP contribution is 2.49. The third-order valence-corrected chi connectivity index (χ3v) is 4.57. The van der Waals surface area contributed by atoms with Crippen molar-refractivity contribution < 1.29 is 4.74 Å². The maximum atomic E-state index is 5.22. The van der Waals surface area contributed by atoms with Gasteiger partial charge in [-0.25, -0.2) is 0 Å². The zero-order valence-electron chi connectivity index (χ0n) is 12.2. The van der Waals surface area contributed by atoms with Crippen LogP contribution in [-0.4, -0.2) is 7.11 Å². The number of ether oxygens (including phenoxy) is 1. The van der Waals surface area contributed by atoms with E-state index in [1.807, 2.05) is 12.1 Å². The summed E-state index contributed by atoms with van der Waals surface area (Å²) in [6, 6.07) is 8.36. The van der Waals surface area contributed by atoms with E-state index in [1.165, 1.54) is 27.9 Å². The van der Waals surface area contributed by atoms with Gasteiger partial charge in [0.2, 0.25) is 0 Å². The molecule has 0 saturated heterocycles. The van der Waals surface area contributed by atoms with E-state index < -0.39 is 0 Å². The maximum Gasteiger partial charge on any atom is 0.118 e. The van der Waals surface area contributed by atoms with Crippen LogP contribution in [-0.2, 0) is 0 Å². The van der Waals surface area contributed by atoms with Gasteiger partial charge in [-0.1, -0.05) is 37.1 Å². The zero-order valence-corrected chi connectivity index (χ0v) is 12.2. The molecule has 1 aliphatic carbocycles. The molecule has 2 rings (SSSR count). The van der Waals surface area contributed by atoms with E-state index in [9.17, 15) is 0 Å². The normalized spacial score (nSPS) is 18.6. The summed E-state index contributed by atoms with van der Waals surface area (Å²) in [6.45, 7) is 11.3. The van der Waals surface area contributed by atoms with Crippen molar-refractivity contribution >= 4 is 5.57 Å². The van der Waals surface area contributed by atoms with E-state index in [0.717, 1.165) is 5.75 Å². The van der Waals surface area contributed by atoms with Gasteiger partial charge in [-0.15, -0.1) is 0 Å². The third-order valence-electron chi connectivity index (χ3n) is 4.57. The summed E-state index contributed by atoms with van der Waals surface area (Å²) in [6.07, 6.45) is 0. The Morgan fingerprint density at radius 1 is 0.889 bits per heavy atom. The molecule has 0 radical (unpaired) electrons. The number of rotatable bonds is 2. The molecule has 18 heavy (non-hydrogen) atoms. The molecule has 0 spiro atoms. The molecule has 1 nitrogen and oxygen atoms in total. The first-order chi connectivity index (χ1) is 8.39. The van der Waals surface area contributed by atoms with E-state index >= 15 is 0 Å². The summed E-state index contributed by atoms with van der Waals surface area (Å²) in [5.74, 6) is 0.910. The molecule has 0 fully saturated rings. The summed E-state index contributed by atoms with van der Waals surface area (Å²) in [5.41, 5.74) is 7.23. The Bertz CT molecular complexity index is 527. The molecule has 1 aromatic rings. The highest BCUT2D eigenvalue weighted by molar-refractivity contribution is 5.86. The van der Waals surface area contributed by atoms with Crippen molar-refractivity contribution in [2.45, 2.75) is 34.6 Å². The van der Waals surface area contributed by atoms with Crippen molar-refractivity contribution in [3.05, 3.63) is 46.5 Å². The topological polar surface area (TPSA) is 9.23 Å². The van der Waals surface area contributed by atoms with Gasteiger partial charge in [0, 0.05) is 5.41 Å². The SMILES string of the molecule is COc1ccc(C2=C(C)C(C)(C)C(C)=C2C)cc1. The Kier molecular flexibility index (Phi) is 3.10. The largest absolute Gasteiger partial charge is 0.497 e. The number of hydrogen-bond acceptors (Lipinski definition) is 1. The minimum Gasteiger partial charge on any atom is -0.497 e. The first kappa shape index (κ1) is 12.9. The molecule has 1 aromatic carbocycles. The second kappa shape index (κ2) is 4.31. The van der Waals surface area contributed by atoms with Gasteiger partial charge in [0.1, 0.15) is 5.75 Å². The standard InChI is InChI=1S/C17H22O/c1-11-12(2)17(4,5)13(3)16(11)14-7-9-15(18-6)10-8-14/h7-10H,1-6H3. The molecular formula is C17H22O. The fourth-order valence-corrected chi connectivity index (χ4v) is 2.72. The molecule has 0 bridgehead atoms. The van der Waals surface area contributed by atoms with Crippen LogP contribution in [0.3, 0.4) is 0 Å². The second-order valence-electron chi connectivity index (χ2n) is 5.60. The summed E-state index contributed by atoms with van der Waals surface area (Å²) < 4.78 is 5.22. The molecule has 1 aliphatic rings. The summed E-state index contributed by atoms with van der Waals surface area (Å²) >= 11 is 0. The Morgan fingerprint density at radius 3 is 1.83 bits per heavy atom. The average molecular weight is 242 g/mol. The van der Waals surface area contributed by atoms with E-state index in [-0.39, 0.29) is 5.41 Å². The molecule has 0 aromatic heterocycles. The van der Waals surface area contributed by atoms with Crippen molar-refractivity contribution in [3.63, 3.8) is 0 Å². The minimum absolute atomic E-state index is 0.180. The Balaban J connectivity index is 2.53. The van der Waals surface area contributed by atoms with Crippen LogP contribution in [0.25, 0.3) is 5.57 Å². The monoisotopic (exact) mass is 242 g/mol. The summed E-state index contributed by atoms with van der Waals surface area (Å²) in [5, 5.41) is 0. The van der Waals surface area contributed by atoms with Gasteiger partial charge in [-0.05, 0) is 49.6 Å². The first-order valence-corrected chi connectivity index (χ1v) is 6.43. The Morgan fingerprint density at radius 2 is 1.44 bits per heavy atom. The van der Waals surface area contributed by atoms with Crippen LogP contribution in [0.2, 0.25) is 0 Å². The molecule has 0 N–H and O–H groups in total. The van der Waals surface area contributed by atoms with Gasteiger partial charge in [0.05, 0.1) is 7.11 Å². The summed E-state index contributed by atoms with van der Waals surface area (Å²) in [7, 11) is 1.70. The number of benzene rings is 1. The van der Waals surface area contributed by atoms with Crippen molar-refractivity contribution in [3.8, 4) is 5.75 Å². The number of methoxy groups -OCH3 is 1. The van der Waals surface area contributed by atoms with Crippen molar-refractivity contribution in [2.75, 3.05) is 7.11 Å². The van der Waals surface area contributed by atoms with Crippen LogP contribution in [0, 0.1) is 5.41 Å². The molecule has 0 unspecified atom stereocenters. The minimum atomic E-state index is 0.180. The van der Waals surface area contributed by atoms with Crippen molar-refractivity contribution in [1.82, 2.24) is 0 Å². The van der Waals surface area contributed by atoms with E-state index in [4.69, 9.17) is 4.74 Å². The van der Waals surface area contributed by atoms with Crippen LogP contribution in [0.15, 0.2) is 41.0 Å². The lowest BCUT2D eigenvalue weighted by atomic mass is 9.81. The second-order valence-corrected chi connectivity index (χ2v) is 5.60. The number of allylic oxidation sites excluding steroid dienone is 4. The fourth-order valence-electron chi connectivity index (χ4n) is 2.72. The van der Waals surface area contributed by atoms with Gasteiger partial charge in [-0.3, -0.25) is 0 Å². The highest BCUT2D eigenvalue weighted by atomic mass is 16.5. The smallest absolute Gasteiger partial charge is 0.118 e. The van der Waals surface area contributed by atoms with Crippen molar-refractivity contribution in [1.29, 1.82) is 0 Å². The predicted octanol–water partition coefficient (Wildman–Crippen LogP) is 4.84.